The molecule has 0 bridgehead atoms. The highest BCUT2D eigenvalue weighted by molar-refractivity contribution is 8.00. The normalized spacial score (nSPS) is 10.7. The van der Waals surface area contributed by atoms with Gasteiger partial charge in [0.2, 0.25) is 5.16 Å². The quantitative estimate of drug-likeness (QED) is 0.650. The Morgan fingerprint density at radius 2 is 1.43 bits per heavy atom. The highest BCUT2D eigenvalue weighted by Crippen LogP contribution is 2.24. The van der Waals surface area contributed by atoms with Gasteiger partial charge < -0.3 is 0 Å². The molecule has 0 aliphatic carbocycles. The number of aromatic nitrogens is 4. The van der Waals surface area contributed by atoms with Crippen LogP contribution in [0.2, 0.25) is 0 Å². The van der Waals surface area contributed by atoms with Gasteiger partial charge in [0, 0.05) is 11.5 Å². The Hall–Kier alpha value is -1.79. The van der Waals surface area contributed by atoms with E-state index in [9.17, 15) is 0 Å². The van der Waals surface area contributed by atoms with Gasteiger partial charge in [0.15, 0.2) is 0 Å². The molecule has 0 amide bonds. The first kappa shape index (κ1) is 14.2. The fourth-order valence-corrected chi connectivity index (χ4v) is 3.51. The van der Waals surface area contributed by atoms with Crippen molar-refractivity contribution < 1.29 is 0 Å². The van der Waals surface area contributed by atoms with Crippen LogP contribution in [-0.2, 0) is 11.5 Å². The van der Waals surface area contributed by atoms with Crippen LogP contribution in [0.25, 0.3) is 0 Å². The number of thioether (sulfide) groups is 1. The van der Waals surface area contributed by atoms with Crippen molar-refractivity contribution in [2.75, 3.05) is 0 Å². The van der Waals surface area contributed by atoms with Gasteiger partial charge in [-0.3, -0.25) is 0 Å². The van der Waals surface area contributed by atoms with Crippen molar-refractivity contribution in [2.45, 2.75) is 16.7 Å². The summed E-state index contributed by atoms with van der Waals surface area (Å²) in [6, 6.07) is 20.6. The molecule has 6 heteroatoms. The largest absolute Gasteiger partial charge is 0.220 e. The molecule has 2 aromatic carbocycles. The summed E-state index contributed by atoms with van der Waals surface area (Å²) in [5, 5.41) is 12.7. The number of benzene rings is 2. The summed E-state index contributed by atoms with van der Waals surface area (Å²) in [5.41, 5.74) is 2.53. The van der Waals surface area contributed by atoms with Crippen LogP contribution in [0.1, 0.15) is 11.1 Å². The zero-order valence-electron chi connectivity index (χ0n) is 11.3. The average Bonchev–Trinajstić information content (AvgIpc) is 3.00. The van der Waals surface area contributed by atoms with Crippen molar-refractivity contribution in [3.63, 3.8) is 0 Å². The minimum Gasteiger partial charge on any atom is -0.159 e. The lowest BCUT2D eigenvalue weighted by Crippen LogP contribution is -1.94. The number of hydrogen-bond acceptors (Lipinski definition) is 5. The molecular formula is C15H14N4S2. The Balaban J connectivity index is 1.59. The van der Waals surface area contributed by atoms with Gasteiger partial charge in [0.1, 0.15) is 0 Å². The lowest BCUT2D eigenvalue weighted by Gasteiger charge is -2.03. The molecule has 0 saturated carbocycles. The molecular weight excluding hydrogens is 300 g/mol. The number of rotatable bonds is 6. The summed E-state index contributed by atoms with van der Waals surface area (Å²) in [6.07, 6.45) is 0. The fraction of sp³-hybridized carbons (Fsp3) is 0.133. The van der Waals surface area contributed by atoms with Crippen LogP contribution in [0.5, 0.6) is 0 Å². The topological polar surface area (TPSA) is 43.6 Å². The summed E-state index contributed by atoms with van der Waals surface area (Å²) in [7, 11) is 0. The summed E-state index contributed by atoms with van der Waals surface area (Å²) in [5.74, 6) is 1.72. The Labute approximate surface area is 132 Å². The molecule has 0 saturated heterocycles. The highest BCUT2D eigenvalue weighted by Gasteiger charge is 2.08. The number of hydrogen-bond donors (Lipinski definition) is 0. The van der Waals surface area contributed by atoms with Crippen molar-refractivity contribution in [1.82, 2.24) is 19.6 Å². The summed E-state index contributed by atoms with van der Waals surface area (Å²) in [4.78, 5) is 0. The molecule has 0 atom stereocenters. The van der Waals surface area contributed by atoms with Crippen LogP contribution in [-0.4, -0.2) is 19.6 Å². The molecule has 1 aromatic heterocycles. The van der Waals surface area contributed by atoms with Crippen molar-refractivity contribution in [1.29, 1.82) is 0 Å². The maximum absolute atomic E-state index is 4.09. The van der Waals surface area contributed by atoms with E-state index in [-0.39, 0.29) is 0 Å². The SMILES string of the molecule is c1ccc(CSc2nnnn2SCc2ccccc2)cc1. The highest BCUT2D eigenvalue weighted by atomic mass is 32.2. The molecule has 0 unspecified atom stereocenters. The second-order valence-corrected chi connectivity index (χ2v) is 6.20. The van der Waals surface area contributed by atoms with E-state index in [1.165, 1.54) is 11.1 Å². The molecule has 3 rings (SSSR count). The number of nitrogens with zero attached hydrogens (tertiary/aromatic N) is 4. The Bertz CT molecular complexity index is 612. The van der Waals surface area contributed by atoms with Crippen molar-refractivity contribution in [2.24, 2.45) is 0 Å². The van der Waals surface area contributed by atoms with Crippen LogP contribution >= 0.6 is 23.7 Å². The van der Waals surface area contributed by atoms with Gasteiger partial charge >= 0.3 is 0 Å². The third kappa shape index (κ3) is 4.09. The lowest BCUT2D eigenvalue weighted by atomic mass is 10.2. The minimum absolute atomic E-state index is 0.833. The molecule has 0 N–H and O–H groups in total. The van der Waals surface area contributed by atoms with E-state index in [4.69, 9.17) is 0 Å². The van der Waals surface area contributed by atoms with Gasteiger partial charge in [-0.25, -0.2) is 0 Å². The lowest BCUT2D eigenvalue weighted by molar-refractivity contribution is 0.844. The zero-order chi connectivity index (χ0) is 14.3. The molecule has 4 nitrogen and oxygen atoms in total. The molecule has 3 aromatic rings. The molecule has 1 heterocycles. The van der Waals surface area contributed by atoms with Gasteiger partial charge in [-0.1, -0.05) is 72.4 Å². The van der Waals surface area contributed by atoms with Gasteiger partial charge in [0.25, 0.3) is 0 Å². The monoisotopic (exact) mass is 314 g/mol. The van der Waals surface area contributed by atoms with Gasteiger partial charge in [-0.2, -0.15) is 4.09 Å². The van der Waals surface area contributed by atoms with E-state index in [0.717, 1.165) is 16.7 Å². The molecule has 0 radical (unpaired) electrons. The van der Waals surface area contributed by atoms with Gasteiger partial charge in [-0.05, 0) is 33.5 Å². The van der Waals surface area contributed by atoms with Crippen LogP contribution in [0.3, 0.4) is 0 Å². The predicted molar refractivity (Wildman–Crippen MR) is 87.0 cm³/mol. The second-order valence-electron chi connectivity index (χ2n) is 4.37. The van der Waals surface area contributed by atoms with Gasteiger partial charge in [0.05, 0.1) is 0 Å². The third-order valence-corrected chi connectivity index (χ3v) is 4.88. The Morgan fingerprint density at radius 1 is 0.810 bits per heavy atom. The van der Waals surface area contributed by atoms with Gasteiger partial charge in [-0.15, -0.1) is 5.10 Å². The number of tetrazole rings is 1. The zero-order valence-corrected chi connectivity index (χ0v) is 12.9. The molecule has 0 aliphatic rings. The van der Waals surface area contributed by atoms with Crippen LogP contribution in [0.15, 0.2) is 65.8 Å². The van der Waals surface area contributed by atoms with E-state index in [2.05, 4.69) is 39.8 Å². The maximum atomic E-state index is 4.09. The first-order chi connectivity index (χ1) is 10.4. The van der Waals surface area contributed by atoms with E-state index in [0.29, 0.717) is 0 Å². The fourth-order valence-electron chi connectivity index (χ4n) is 1.77. The molecule has 0 spiro atoms. The molecule has 0 fully saturated rings. The van der Waals surface area contributed by atoms with Crippen molar-refractivity contribution in [3.05, 3.63) is 71.8 Å². The van der Waals surface area contributed by atoms with Crippen molar-refractivity contribution in [3.8, 4) is 0 Å². The summed E-state index contributed by atoms with van der Waals surface area (Å²) >= 11 is 3.25. The van der Waals surface area contributed by atoms with E-state index in [1.807, 2.05) is 36.4 Å². The Kier molecular flexibility index (Phi) is 4.91. The van der Waals surface area contributed by atoms with E-state index >= 15 is 0 Å². The summed E-state index contributed by atoms with van der Waals surface area (Å²) < 4.78 is 1.79. The second kappa shape index (κ2) is 7.28. The van der Waals surface area contributed by atoms with Crippen LogP contribution in [0, 0.1) is 0 Å². The maximum Gasteiger partial charge on any atom is 0.220 e. The smallest absolute Gasteiger partial charge is 0.159 e. The predicted octanol–water partition coefficient (Wildman–Crippen LogP) is 3.66. The average molecular weight is 314 g/mol. The molecule has 106 valence electrons. The molecule has 0 aliphatic heterocycles. The minimum atomic E-state index is 0.833. The standard InChI is InChI=1S/C15H14N4S2/c1-3-7-13(8-4-1)11-20-15-16-17-18-19(15)21-12-14-9-5-2-6-10-14/h1-10H,11-12H2. The first-order valence-corrected chi connectivity index (χ1v) is 8.47. The molecule has 21 heavy (non-hydrogen) atoms. The third-order valence-electron chi connectivity index (χ3n) is 2.82. The van der Waals surface area contributed by atoms with E-state index in [1.54, 1.807) is 27.8 Å². The Morgan fingerprint density at radius 3 is 2.10 bits per heavy atom. The van der Waals surface area contributed by atoms with Crippen LogP contribution in [0.4, 0.5) is 0 Å². The van der Waals surface area contributed by atoms with E-state index < -0.39 is 0 Å². The van der Waals surface area contributed by atoms with Crippen molar-refractivity contribution >= 4 is 23.7 Å². The van der Waals surface area contributed by atoms with Crippen LogP contribution < -0.4 is 0 Å². The first-order valence-electron chi connectivity index (χ1n) is 6.54. The summed E-state index contributed by atoms with van der Waals surface area (Å²) in [6.45, 7) is 0.